The number of hydrogen-bond acceptors (Lipinski definition) is 5. The fourth-order valence-electron chi connectivity index (χ4n) is 2.55. The number of nitro groups is 1. The van der Waals surface area contributed by atoms with Crippen LogP contribution in [0.4, 0.5) is 5.69 Å². The molecule has 0 aliphatic rings. The largest absolute Gasteiger partial charge is 0.294 e. The maximum Gasteiger partial charge on any atom is 0.294 e. The van der Waals surface area contributed by atoms with Gasteiger partial charge in [0.15, 0.2) is 0 Å². The van der Waals surface area contributed by atoms with Gasteiger partial charge in [-0.25, -0.2) is 18.1 Å². The number of fused-ring (bicyclic) bond motifs is 1. The monoisotopic (exact) mass is 360 g/mol. The lowest BCUT2D eigenvalue weighted by molar-refractivity contribution is -0.384. The van der Waals surface area contributed by atoms with E-state index in [4.69, 9.17) is 0 Å². The highest BCUT2D eigenvalue weighted by molar-refractivity contribution is 7.89. The van der Waals surface area contributed by atoms with Gasteiger partial charge in [-0.05, 0) is 38.1 Å². The molecule has 0 unspecified atom stereocenters. The van der Waals surface area contributed by atoms with Gasteiger partial charge in [0, 0.05) is 12.1 Å². The normalized spacial score (nSPS) is 12.0. The van der Waals surface area contributed by atoms with Gasteiger partial charge in [0.1, 0.15) is 12.0 Å². The molecule has 0 bridgehead atoms. The zero-order valence-electron chi connectivity index (χ0n) is 13.6. The van der Waals surface area contributed by atoms with Crippen molar-refractivity contribution < 1.29 is 13.3 Å². The Morgan fingerprint density at radius 1 is 1.20 bits per heavy atom. The van der Waals surface area contributed by atoms with E-state index in [1.165, 1.54) is 18.5 Å². The van der Waals surface area contributed by atoms with Crippen LogP contribution in [0.3, 0.4) is 0 Å². The van der Waals surface area contributed by atoms with Crippen LogP contribution in [-0.4, -0.2) is 28.9 Å². The lowest BCUT2D eigenvalue weighted by Gasteiger charge is -2.11. The fraction of sp³-hybridized carbons (Fsp3) is 0.188. The third-order valence-corrected chi connectivity index (χ3v) is 5.21. The zero-order chi connectivity index (χ0) is 18.2. The summed E-state index contributed by atoms with van der Waals surface area (Å²) in [7, 11) is -3.82. The lowest BCUT2D eigenvalue weighted by atomic mass is 10.2. The van der Waals surface area contributed by atoms with Gasteiger partial charge in [0.05, 0.1) is 20.9 Å². The Morgan fingerprint density at radius 3 is 2.60 bits per heavy atom. The van der Waals surface area contributed by atoms with Crippen LogP contribution in [0.15, 0.2) is 53.7 Å². The maximum absolute atomic E-state index is 12.3. The van der Waals surface area contributed by atoms with Crippen molar-refractivity contribution in [2.45, 2.75) is 24.8 Å². The van der Waals surface area contributed by atoms with Crippen molar-refractivity contribution in [3.8, 4) is 5.69 Å². The first-order chi connectivity index (χ1) is 11.8. The molecule has 2 aromatic carbocycles. The van der Waals surface area contributed by atoms with Crippen LogP contribution < -0.4 is 4.72 Å². The van der Waals surface area contributed by atoms with E-state index in [1.807, 2.05) is 6.07 Å². The predicted octanol–water partition coefficient (Wildman–Crippen LogP) is 2.62. The minimum Gasteiger partial charge on any atom is -0.293 e. The van der Waals surface area contributed by atoms with Crippen LogP contribution in [-0.2, 0) is 10.0 Å². The molecule has 1 heterocycles. The Bertz CT molecular complexity index is 1060. The van der Waals surface area contributed by atoms with E-state index in [2.05, 4.69) is 9.71 Å². The van der Waals surface area contributed by atoms with E-state index >= 15 is 0 Å². The Hall–Kier alpha value is -2.78. The number of rotatable bonds is 5. The Labute approximate surface area is 144 Å². The number of hydrogen-bond donors (Lipinski definition) is 1. The second-order valence-electron chi connectivity index (χ2n) is 5.79. The molecule has 0 amide bonds. The van der Waals surface area contributed by atoms with Crippen LogP contribution in [0.25, 0.3) is 16.7 Å². The number of sulfonamides is 1. The van der Waals surface area contributed by atoms with Gasteiger partial charge in [-0.2, -0.15) is 0 Å². The van der Waals surface area contributed by atoms with Crippen molar-refractivity contribution in [1.29, 1.82) is 0 Å². The molecular formula is C16H16N4O4S. The maximum atomic E-state index is 12.3. The van der Waals surface area contributed by atoms with Gasteiger partial charge >= 0.3 is 0 Å². The Balaban J connectivity index is 2.18. The van der Waals surface area contributed by atoms with Gasteiger partial charge in [-0.1, -0.05) is 12.1 Å². The number of nitrogens with zero attached hydrogens (tertiary/aromatic N) is 3. The second-order valence-corrected chi connectivity index (χ2v) is 7.50. The second kappa shape index (κ2) is 6.26. The zero-order valence-corrected chi connectivity index (χ0v) is 14.4. The summed E-state index contributed by atoms with van der Waals surface area (Å²) in [4.78, 5) is 15.0. The summed E-state index contributed by atoms with van der Waals surface area (Å²) in [5, 5.41) is 11.5. The number of imidazole rings is 1. The van der Waals surface area contributed by atoms with Gasteiger partial charge < -0.3 is 0 Å². The van der Waals surface area contributed by atoms with E-state index in [1.54, 1.807) is 36.6 Å². The average Bonchev–Trinajstić information content (AvgIpc) is 2.97. The average molecular weight is 360 g/mol. The first-order valence-electron chi connectivity index (χ1n) is 7.53. The molecule has 0 fully saturated rings. The van der Waals surface area contributed by atoms with Crippen molar-refractivity contribution >= 4 is 26.7 Å². The molecule has 0 aliphatic carbocycles. The molecule has 3 rings (SSSR count). The van der Waals surface area contributed by atoms with E-state index in [-0.39, 0.29) is 22.3 Å². The summed E-state index contributed by atoms with van der Waals surface area (Å²) in [6, 6.07) is 10.7. The van der Waals surface area contributed by atoms with E-state index < -0.39 is 14.9 Å². The molecule has 1 aromatic heterocycles. The minimum atomic E-state index is -3.82. The molecule has 25 heavy (non-hydrogen) atoms. The number of aromatic nitrogens is 2. The fourth-order valence-corrected chi connectivity index (χ4v) is 3.82. The Morgan fingerprint density at radius 2 is 1.92 bits per heavy atom. The van der Waals surface area contributed by atoms with Crippen LogP contribution in [0.5, 0.6) is 0 Å². The van der Waals surface area contributed by atoms with Crippen LogP contribution in [0, 0.1) is 10.1 Å². The van der Waals surface area contributed by atoms with Crippen molar-refractivity contribution in [2.24, 2.45) is 0 Å². The summed E-state index contributed by atoms with van der Waals surface area (Å²) in [6.07, 6.45) is 1.48. The summed E-state index contributed by atoms with van der Waals surface area (Å²) in [5.74, 6) is 0. The van der Waals surface area contributed by atoms with Crippen LogP contribution >= 0.6 is 0 Å². The lowest BCUT2D eigenvalue weighted by Crippen LogP contribution is -2.30. The highest BCUT2D eigenvalue weighted by Crippen LogP contribution is 2.29. The molecule has 130 valence electrons. The number of nitro benzene ring substituents is 1. The van der Waals surface area contributed by atoms with Gasteiger partial charge in [0.25, 0.3) is 5.69 Å². The summed E-state index contributed by atoms with van der Waals surface area (Å²) in [5.41, 5.74) is 1.33. The van der Waals surface area contributed by atoms with Gasteiger partial charge in [-0.15, -0.1) is 0 Å². The van der Waals surface area contributed by atoms with Crippen molar-refractivity contribution in [3.05, 3.63) is 58.9 Å². The molecular weight excluding hydrogens is 344 g/mol. The number of benzene rings is 2. The van der Waals surface area contributed by atoms with Crippen molar-refractivity contribution in [3.63, 3.8) is 0 Å². The molecule has 1 N–H and O–H groups in total. The molecule has 0 saturated heterocycles. The van der Waals surface area contributed by atoms with Gasteiger partial charge in [0.2, 0.25) is 10.0 Å². The highest BCUT2D eigenvalue weighted by atomic mass is 32.2. The molecule has 0 radical (unpaired) electrons. The molecule has 0 saturated carbocycles. The third kappa shape index (κ3) is 3.24. The molecule has 0 aliphatic heterocycles. The summed E-state index contributed by atoms with van der Waals surface area (Å²) < 4.78 is 28.5. The van der Waals surface area contributed by atoms with Gasteiger partial charge in [-0.3, -0.25) is 14.7 Å². The van der Waals surface area contributed by atoms with E-state index in [0.29, 0.717) is 11.0 Å². The third-order valence-electron chi connectivity index (χ3n) is 3.56. The topological polar surface area (TPSA) is 107 Å². The van der Waals surface area contributed by atoms with Crippen molar-refractivity contribution in [1.82, 2.24) is 14.3 Å². The highest BCUT2D eigenvalue weighted by Gasteiger charge is 2.23. The van der Waals surface area contributed by atoms with E-state index in [9.17, 15) is 18.5 Å². The first kappa shape index (κ1) is 17.1. The number of para-hydroxylation sites is 2. The standard InChI is InChI=1S/C16H16N4O4S/c1-11(2)18-25(23,24)12-7-8-15(16(9-12)20(21)22)19-10-17-13-5-3-4-6-14(13)19/h3-11,18H,1-2H3. The molecule has 8 nitrogen and oxygen atoms in total. The molecule has 3 aromatic rings. The quantitative estimate of drug-likeness (QED) is 0.556. The van der Waals surface area contributed by atoms with E-state index in [0.717, 1.165) is 6.07 Å². The molecule has 9 heteroatoms. The SMILES string of the molecule is CC(C)NS(=O)(=O)c1ccc(-n2cnc3ccccc32)c([N+](=O)[O-])c1. The predicted molar refractivity (Wildman–Crippen MR) is 93.2 cm³/mol. The summed E-state index contributed by atoms with van der Waals surface area (Å²) in [6.45, 7) is 3.36. The Kier molecular flexibility index (Phi) is 4.27. The minimum absolute atomic E-state index is 0.152. The number of nitrogens with one attached hydrogen (secondary N) is 1. The summed E-state index contributed by atoms with van der Waals surface area (Å²) >= 11 is 0. The van der Waals surface area contributed by atoms with Crippen molar-refractivity contribution in [2.75, 3.05) is 0 Å². The molecule has 0 spiro atoms. The molecule has 0 atom stereocenters. The smallest absolute Gasteiger partial charge is 0.293 e. The first-order valence-corrected chi connectivity index (χ1v) is 9.01. The van der Waals surface area contributed by atoms with Crippen LogP contribution in [0.1, 0.15) is 13.8 Å². The van der Waals surface area contributed by atoms with Crippen LogP contribution in [0.2, 0.25) is 0 Å².